The van der Waals surface area contributed by atoms with E-state index in [2.05, 4.69) is 53.2 Å². The Bertz CT molecular complexity index is 1050. The van der Waals surface area contributed by atoms with Gasteiger partial charge in [0, 0.05) is 76.1 Å². The second-order valence-corrected chi connectivity index (χ2v) is 10.4. The number of fused-ring (bicyclic) bond motifs is 2. The number of likely N-dealkylation sites (N-methyl/N-ethyl adjacent to an activating group) is 1. The molecular formula is C24H28N2O5S2. The Morgan fingerprint density at radius 1 is 1.00 bits per heavy atom. The molecule has 0 aromatic heterocycles. The number of carboxylic acids is 2. The minimum atomic E-state index is -1.26. The zero-order valence-electron chi connectivity index (χ0n) is 18.6. The number of hydrogen-bond donors (Lipinski definition) is 2. The van der Waals surface area contributed by atoms with E-state index < -0.39 is 22.7 Å². The molecule has 1 fully saturated rings. The summed E-state index contributed by atoms with van der Waals surface area (Å²) in [5, 5.41) is 15.6. The molecule has 2 aliphatic heterocycles. The highest BCUT2D eigenvalue weighted by atomic mass is 32.2. The van der Waals surface area contributed by atoms with Crippen molar-refractivity contribution in [1.29, 1.82) is 0 Å². The number of nitrogens with zero attached hydrogens (tertiary/aromatic N) is 2. The minimum Gasteiger partial charge on any atom is -0.478 e. The molecular weight excluding hydrogens is 460 g/mol. The third-order valence-corrected chi connectivity index (χ3v) is 7.75. The van der Waals surface area contributed by atoms with E-state index in [9.17, 15) is 13.8 Å². The topological polar surface area (TPSA) is 98.2 Å². The SMILES string of the molecule is CN1CCN(C2Cc3ccccc3Sc3ccc(S(C)=O)cc32)CC1.O=C(O)/C=C\C(=O)O. The summed E-state index contributed by atoms with van der Waals surface area (Å²) in [6.45, 7) is 4.40. The van der Waals surface area contributed by atoms with Crippen molar-refractivity contribution in [3.8, 4) is 0 Å². The highest BCUT2D eigenvalue weighted by Gasteiger charge is 2.29. The quantitative estimate of drug-likeness (QED) is 0.634. The van der Waals surface area contributed by atoms with Crippen LogP contribution in [0.1, 0.15) is 17.2 Å². The van der Waals surface area contributed by atoms with Gasteiger partial charge in [-0.05, 0) is 48.9 Å². The van der Waals surface area contributed by atoms with E-state index in [-0.39, 0.29) is 0 Å². The first kappa shape index (κ1) is 25.2. The van der Waals surface area contributed by atoms with Gasteiger partial charge in [-0.3, -0.25) is 9.11 Å². The van der Waals surface area contributed by atoms with Crippen molar-refractivity contribution in [2.24, 2.45) is 0 Å². The van der Waals surface area contributed by atoms with Gasteiger partial charge in [-0.15, -0.1) is 0 Å². The maximum absolute atomic E-state index is 12.0. The maximum atomic E-state index is 12.0. The molecule has 7 nitrogen and oxygen atoms in total. The summed E-state index contributed by atoms with van der Waals surface area (Å²) in [7, 11) is 1.25. The Labute approximate surface area is 200 Å². The fourth-order valence-corrected chi connectivity index (χ4v) is 5.54. The van der Waals surface area contributed by atoms with Crippen molar-refractivity contribution in [2.45, 2.75) is 27.1 Å². The average Bonchev–Trinajstić information content (AvgIpc) is 2.95. The van der Waals surface area contributed by atoms with Gasteiger partial charge in [0.15, 0.2) is 0 Å². The second kappa shape index (κ2) is 11.6. The van der Waals surface area contributed by atoms with Gasteiger partial charge in [0.1, 0.15) is 0 Å². The molecule has 2 atom stereocenters. The molecule has 4 rings (SSSR count). The first-order valence-corrected chi connectivity index (χ1v) is 12.9. The predicted octanol–water partition coefficient (Wildman–Crippen LogP) is 3.13. The van der Waals surface area contributed by atoms with Gasteiger partial charge < -0.3 is 15.1 Å². The van der Waals surface area contributed by atoms with Gasteiger partial charge >= 0.3 is 11.9 Å². The number of aliphatic carboxylic acids is 2. The van der Waals surface area contributed by atoms with Crippen molar-refractivity contribution in [3.63, 3.8) is 0 Å². The Morgan fingerprint density at radius 2 is 1.64 bits per heavy atom. The van der Waals surface area contributed by atoms with Crippen LogP contribution < -0.4 is 0 Å². The molecule has 0 spiro atoms. The van der Waals surface area contributed by atoms with Crippen molar-refractivity contribution in [2.75, 3.05) is 39.5 Å². The molecule has 9 heteroatoms. The van der Waals surface area contributed by atoms with Crippen molar-refractivity contribution >= 4 is 34.5 Å². The van der Waals surface area contributed by atoms with Gasteiger partial charge in [0.05, 0.1) is 0 Å². The van der Waals surface area contributed by atoms with Gasteiger partial charge in [0.2, 0.25) is 0 Å². The van der Waals surface area contributed by atoms with Crippen LogP contribution >= 0.6 is 11.8 Å². The summed E-state index contributed by atoms with van der Waals surface area (Å²) in [5.41, 5.74) is 2.77. The van der Waals surface area contributed by atoms with Crippen LogP contribution in [0, 0.1) is 0 Å². The molecule has 176 valence electrons. The van der Waals surface area contributed by atoms with Crippen LogP contribution in [0.3, 0.4) is 0 Å². The average molecular weight is 489 g/mol. The van der Waals surface area contributed by atoms with E-state index in [0.29, 0.717) is 18.2 Å². The predicted molar refractivity (Wildman–Crippen MR) is 129 cm³/mol. The molecule has 0 amide bonds. The van der Waals surface area contributed by atoms with Crippen LogP contribution in [0.25, 0.3) is 0 Å². The lowest BCUT2D eigenvalue weighted by molar-refractivity contribution is -0.134. The number of rotatable bonds is 4. The highest BCUT2D eigenvalue weighted by Crippen LogP contribution is 2.43. The molecule has 2 aliphatic rings. The number of benzene rings is 2. The van der Waals surface area contributed by atoms with Crippen molar-refractivity contribution in [3.05, 3.63) is 65.7 Å². The van der Waals surface area contributed by atoms with Crippen LogP contribution in [0.15, 0.2) is 69.3 Å². The molecule has 0 aliphatic carbocycles. The summed E-state index contributed by atoms with van der Waals surface area (Å²) in [6, 6.07) is 15.5. The second-order valence-electron chi connectivity index (χ2n) is 7.93. The molecule has 2 aromatic carbocycles. The van der Waals surface area contributed by atoms with Gasteiger partial charge in [-0.25, -0.2) is 9.59 Å². The molecule has 2 N–H and O–H groups in total. The Balaban J connectivity index is 0.000000331. The summed E-state index contributed by atoms with van der Waals surface area (Å²) >= 11 is 1.86. The van der Waals surface area contributed by atoms with Gasteiger partial charge in [-0.1, -0.05) is 30.0 Å². The molecule has 0 saturated carbocycles. The third kappa shape index (κ3) is 7.01. The van der Waals surface area contributed by atoms with Crippen LogP contribution in [0.5, 0.6) is 0 Å². The molecule has 2 unspecified atom stereocenters. The lowest BCUT2D eigenvalue weighted by Crippen LogP contribution is -2.46. The van der Waals surface area contributed by atoms with Crippen molar-refractivity contribution in [1.82, 2.24) is 9.80 Å². The lowest BCUT2D eigenvalue weighted by atomic mass is 9.96. The van der Waals surface area contributed by atoms with Gasteiger partial charge in [-0.2, -0.15) is 0 Å². The van der Waals surface area contributed by atoms with E-state index in [1.165, 1.54) is 20.9 Å². The zero-order valence-corrected chi connectivity index (χ0v) is 20.3. The van der Waals surface area contributed by atoms with E-state index in [4.69, 9.17) is 10.2 Å². The van der Waals surface area contributed by atoms with Crippen LogP contribution in [-0.4, -0.2) is 75.6 Å². The summed E-state index contributed by atoms with van der Waals surface area (Å²) < 4.78 is 12.0. The lowest BCUT2D eigenvalue weighted by Gasteiger charge is -2.38. The standard InChI is InChI=1S/C20H24N2OS2.C4H4O4/c1-21-9-11-22(12-10-21)18-13-15-5-3-4-6-19(15)24-20-8-7-16(25(2)23)14-17(18)20;5-3(6)1-2-4(7)8/h3-8,14,18H,9-13H2,1-2H3;1-2H,(H,5,6)(H,7,8)/b;2-1-. The normalized spacial score (nSPS) is 19.5. The van der Waals surface area contributed by atoms with Crippen LogP contribution in [-0.2, 0) is 26.8 Å². The smallest absolute Gasteiger partial charge is 0.328 e. The number of carboxylic acid groups (broad SMARTS) is 2. The molecule has 2 heterocycles. The fourth-order valence-electron chi connectivity index (χ4n) is 3.87. The van der Waals surface area contributed by atoms with Gasteiger partial charge in [0.25, 0.3) is 0 Å². The number of hydrogen-bond acceptors (Lipinski definition) is 6. The summed E-state index contributed by atoms with van der Waals surface area (Å²) in [4.78, 5) is 27.7. The third-order valence-electron chi connectivity index (χ3n) is 5.63. The number of piperazine rings is 1. The summed E-state index contributed by atoms with van der Waals surface area (Å²) in [5.74, 6) is -2.51. The molecule has 1 saturated heterocycles. The maximum Gasteiger partial charge on any atom is 0.328 e. The fraction of sp³-hybridized carbons (Fsp3) is 0.333. The first-order chi connectivity index (χ1) is 15.7. The number of carbonyl (C=O) groups is 2. The Hall–Kier alpha value is -2.46. The monoisotopic (exact) mass is 488 g/mol. The molecule has 0 bridgehead atoms. The Morgan fingerprint density at radius 3 is 2.24 bits per heavy atom. The molecule has 33 heavy (non-hydrogen) atoms. The Kier molecular flexibility index (Phi) is 8.85. The van der Waals surface area contributed by atoms with E-state index in [1.807, 2.05) is 17.8 Å². The summed E-state index contributed by atoms with van der Waals surface area (Å²) in [6.07, 6.45) is 3.91. The van der Waals surface area contributed by atoms with E-state index in [1.54, 1.807) is 6.26 Å². The van der Waals surface area contributed by atoms with Crippen molar-refractivity contribution < 1.29 is 24.0 Å². The van der Waals surface area contributed by atoms with E-state index in [0.717, 1.165) is 37.5 Å². The largest absolute Gasteiger partial charge is 0.478 e. The van der Waals surface area contributed by atoms with Crippen LogP contribution in [0.2, 0.25) is 0 Å². The van der Waals surface area contributed by atoms with E-state index >= 15 is 0 Å². The highest BCUT2D eigenvalue weighted by molar-refractivity contribution is 7.99. The zero-order chi connectivity index (χ0) is 24.0. The van der Waals surface area contributed by atoms with Crippen LogP contribution in [0.4, 0.5) is 0 Å². The first-order valence-electron chi connectivity index (χ1n) is 10.5. The minimum absolute atomic E-state index is 0.364. The molecule has 2 aromatic rings. The molecule has 0 radical (unpaired) electrons.